The molecule has 9 nitrogen and oxygen atoms in total. The lowest BCUT2D eigenvalue weighted by molar-refractivity contribution is 0.0336. The summed E-state index contributed by atoms with van der Waals surface area (Å²) in [6.07, 6.45) is 2.85. The molecule has 3 heterocycles. The van der Waals surface area contributed by atoms with Crippen molar-refractivity contribution in [3.8, 4) is 0 Å². The molecule has 3 rings (SSSR count). The highest BCUT2D eigenvalue weighted by Gasteiger charge is 2.38. The van der Waals surface area contributed by atoms with E-state index in [0.29, 0.717) is 44.0 Å². The number of carbonyl (C=O) groups is 1. The second-order valence-corrected chi connectivity index (χ2v) is 8.24. The molecule has 0 unspecified atom stereocenters. The number of imidazole rings is 1. The van der Waals surface area contributed by atoms with E-state index in [1.165, 1.54) is 11.1 Å². The molecular formula is C15H23N3O6S. The standard InChI is InChI=1S/C15H23N3O6S/c1-10(2)14-13-12(18(9-16-13)24-25(3,20)21)4-6-17(14)15(19)23-11-5-7-22-8-11/h9-11,14H,4-8H2,1-3H3/t11-,14-/m0/s1. The maximum Gasteiger partial charge on any atom is 0.410 e. The van der Waals surface area contributed by atoms with Crippen LogP contribution in [0.2, 0.25) is 0 Å². The lowest BCUT2D eigenvalue weighted by Gasteiger charge is -2.37. The molecule has 1 saturated heterocycles. The van der Waals surface area contributed by atoms with E-state index in [1.54, 1.807) is 4.90 Å². The van der Waals surface area contributed by atoms with Gasteiger partial charge >= 0.3 is 16.2 Å². The van der Waals surface area contributed by atoms with E-state index in [4.69, 9.17) is 13.8 Å². The number of amides is 1. The minimum atomic E-state index is -3.66. The maximum absolute atomic E-state index is 12.6. The third kappa shape index (κ3) is 3.90. The van der Waals surface area contributed by atoms with E-state index < -0.39 is 16.2 Å². The second kappa shape index (κ2) is 6.83. The van der Waals surface area contributed by atoms with Crippen LogP contribution >= 0.6 is 0 Å². The number of hydrogen-bond acceptors (Lipinski definition) is 7. The molecule has 0 saturated carbocycles. The molecule has 0 N–H and O–H groups in total. The van der Waals surface area contributed by atoms with Crippen LogP contribution in [-0.4, -0.2) is 61.2 Å². The zero-order chi connectivity index (χ0) is 18.2. The van der Waals surface area contributed by atoms with Crippen LogP contribution in [0.3, 0.4) is 0 Å². The van der Waals surface area contributed by atoms with Crippen LogP contribution in [0.5, 0.6) is 0 Å². The first-order valence-electron chi connectivity index (χ1n) is 8.27. The van der Waals surface area contributed by atoms with Gasteiger partial charge in [0.25, 0.3) is 0 Å². The van der Waals surface area contributed by atoms with Gasteiger partial charge in [0.2, 0.25) is 0 Å². The van der Waals surface area contributed by atoms with Crippen molar-refractivity contribution in [1.82, 2.24) is 14.6 Å². The van der Waals surface area contributed by atoms with E-state index >= 15 is 0 Å². The number of rotatable bonds is 4. The number of nitrogens with zero attached hydrogens (tertiary/aromatic N) is 3. The van der Waals surface area contributed by atoms with E-state index in [2.05, 4.69) is 4.98 Å². The molecule has 140 valence electrons. The third-order valence-corrected chi connectivity index (χ3v) is 4.74. The molecule has 2 aliphatic rings. The molecule has 0 spiro atoms. The van der Waals surface area contributed by atoms with E-state index in [-0.39, 0.29) is 18.1 Å². The molecule has 1 aromatic rings. The molecule has 1 aromatic heterocycles. The van der Waals surface area contributed by atoms with Gasteiger partial charge < -0.3 is 9.47 Å². The minimum Gasteiger partial charge on any atom is -0.444 e. The second-order valence-electron chi connectivity index (χ2n) is 6.68. The monoisotopic (exact) mass is 373 g/mol. The Morgan fingerprint density at radius 2 is 2.20 bits per heavy atom. The molecule has 0 radical (unpaired) electrons. The summed E-state index contributed by atoms with van der Waals surface area (Å²) in [5.41, 5.74) is 1.31. The first kappa shape index (κ1) is 18.0. The molecule has 2 atom stereocenters. The molecule has 1 fully saturated rings. The first-order chi connectivity index (χ1) is 11.8. The predicted octanol–water partition coefficient (Wildman–Crippen LogP) is 0.752. The van der Waals surface area contributed by atoms with Crippen LogP contribution in [0.25, 0.3) is 0 Å². The summed E-state index contributed by atoms with van der Waals surface area (Å²) < 4.78 is 39.7. The average Bonchev–Trinajstić information content (AvgIpc) is 3.14. The molecular weight excluding hydrogens is 350 g/mol. The van der Waals surface area contributed by atoms with Crippen molar-refractivity contribution in [2.45, 2.75) is 38.8 Å². The van der Waals surface area contributed by atoms with Crippen molar-refractivity contribution in [3.63, 3.8) is 0 Å². The average molecular weight is 373 g/mol. The quantitative estimate of drug-likeness (QED) is 0.768. The lowest BCUT2D eigenvalue weighted by Crippen LogP contribution is -2.44. The zero-order valence-corrected chi connectivity index (χ0v) is 15.4. The smallest absolute Gasteiger partial charge is 0.410 e. The van der Waals surface area contributed by atoms with Crippen molar-refractivity contribution >= 4 is 16.2 Å². The van der Waals surface area contributed by atoms with Crippen LogP contribution in [0.1, 0.15) is 37.7 Å². The van der Waals surface area contributed by atoms with Crippen molar-refractivity contribution in [2.75, 3.05) is 26.0 Å². The summed E-state index contributed by atoms with van der Waals surface area (Å²) in [7, 11) is -3.66. The Bertz CT molecular complexity index is 738. The van der Waals surface area contributed by atoms with Gasteiger partial charge in [-0.15, -0.1) is 0 Å². The maximum atomic E-state index is 12.6. The summed E-state index contributed by atoms with van der Waals surface area (Å²) in [5.74, 6) is 0.0769. The van der Waals surface area contributed by atoms with E-state index in [0.717, 1.165) is 6.26 Å². The molecule has 10 heteroatoms. The van der Waals surface area contributed by atoms with Crippen LogP contribution in [0, 0.1) is 5.92 Å². The first-order valence-corrected chi connectivity index (χ1v) is 10.1. The fourth-order valence-corrected chi connectivity index (χ4v) is 3.70. The van der Waals surface area contributed by atoms with Gasteiger partial charge in [-0.25, -0.2) is 9.78 Å². The van der Waals surface area contributed by atoms with Gasteiger partial charge in [0, 0.05) is 19.4 Å². The van der Waals surface area contributed by atoms with Crippen LogP contribution in [-0.2, 0) is 26.0 Å². The number of ether oxygens (including phenoxy) is 2. The Morgan fingerprint density at radius 3 is 2.80 bits per heavy atom. The van der Waals surface area contributed by atoms with Crippen molar-refractivity contribution < 1.29 is 27.0 Å². The van der Waals surface area contributed by atoms with E-state index in [9.17, 15) is 13.2 Å². The van der Waals surface area contributed by atoms with Gasteiger partial charge in [-0.1, -0.05) is 13.8 Å². The fourth-order valence-electron chi connectivity index (χ4n) is 3.28. The van der Waals surface area contributed by atoms with Crippen LogP contribution in [0.15, 0.2) is 6.33 Å². The number of aromatic nitrogens is 2. The predicted molar refractivity (Wildman–Crippen MR) is 87.3 cm³/mol. The molecule has 0 aliphatic carbocycles. The van der Waals surface area contributed by atoms with Gasteiger partial charge in [-0.05, 0) is 5.92 Å². The summed E-state index contributed by atoms with van der Waals surface area (Å²) in [6, 6.07) is -0.303. The SMILES string of the molecule is CC(C)[C@H]1c2ncn(OS(C)(=O)=O)c2CCN1C(=O)O[C@H]1CCOC1. The Morgan fingerprint density at radius 1 is 1.44 bits per heavy atom. The molecule has 25 heavy (non-hydrogen) atoms. The molecule has 2 aliphatic heterocycles. The normalized spacial score (nSPS) is 23.6. The Labute approximate surface area is 146 Å². The Hall–Kier alpha value is -1.81. The highest BCUT2D eigenvalue weighted by atomic mass is 32.2. The van der Waals surface area contributed by atoms with Crippen molar-refractivity contribution in [1.29, 1.82) is 0 Å². The van der Waals surface area contributed by atoms with Gasteiger partial charge in [0.1, 0.15) is 12.4 Å². The van der Waals surface area contributed by atoms with Crippen LogP contribution < -0.4 is 4.28 Å². The summed E-state index contributed by atoms with van der Waals surface area (Å²) in [6.45, 7) is 5.39. The fraction of sp³-hybridized carbons (Fsp3) is 0.733. The minimum absolute atomic E-state index is 0.0769. The number of fused-ring (bicyclic) bond motifs is 1. The number of carbonyl (C=O) groups excluding carboxylic acids is 1. The van der Waals surface area contributed by atoms with Gasteiger partial charge in [-0.3, -0.25) is 9.18 Å². The summed E-state index contributed by atoms with van der Waals surface area (Å²) in [5, 5.41) is 0. The zero-order valence-electron chi connectivity index (χ0n) is 14.5. The van der Waals surface area contributed by atoms with E-state index in [1.807, 2.05) is 13.8 Å². The highest BCUT2D eigenvalue weighted by molar-refractivity contribution is 7.86. The van der Waals surface area contributed by atoms with Gasteiger partial charge in [0.15, 0.2) is 0 Å². The highest BCUT2D eigenvalue weighted by Crippen LogP contribution is 2.35. The summed E-state index contributed by atoms with van der Waals surface area (Å²) in [4.78, 5) is 18.6. The summed E-state index contributed by atoms with van der Waals surface area (Å²) >= 11 is 0. The van der Waals surface area contributed by atoms with Gasteiger partial charge in [0.05, 0.1) is 36.9 Å². The topological polar surface area (TPSA) is 100.0 Å². The lowest BCUT2D eigenvalue weighted by atomic mass is 9.93. The van der Waals surface area contributed by atoms with Crippen LogP contribution in [0.4, 0.5) is 4.79 Å². The molecule has 0 aromatic carbocycles. The Kier molecular flexibility index (Phi) is 4.92. The molecule has 0 bridgehead atoms. The third-order valence-electron chi connectivity index (χ3n) is 4.31. The number of hydrogen-bond donors (Lipinski definition) is 0. The van der Waals surface area contributed by atoms with Crippen molar-refractivity contribution in [2.24, 2.45) is 5.92 Å². The van der Waals surface area contributed by atoms with Crippen molar-refractivity contribution in [3.05, 3.63) is 17.7 Å². The Balaban J connectivity index is 1.83. The van der Waals surface area contributed by atoms with Gasteiger partial charge in [-0.2, -0.15) is 13.1 Å². The largest absolute Gasteiger partial charge is 0.444 e. The molecule has 1 amide bonds.